The first-order chi connectivity index (χ1) is 13.0. The van der Waals surface area contributed by atoms with Crippen LogP contribution in [0.25, 0.3) is 32.8 Å². The fourth-order valence-electron chi connectivity index (χ4n) is 3.50. The molecule has 0 spiro atoms. The number of methoxy groups -OCH3 is 1. The molecule has 0 unspecified atom stereocenters. The van der Waals surface area contributed by atoms with Crippen LogP contribution in [0, 0.1) is 0 Å². The van der Waals surface area contributed by atoms with E-state index in [1.165, 1.54) is 0 Å². The first-order valence-electron chi connectivity index (χ1n) is 8.68. The molecule has 4 aromatic rings. The number of fused-ring (bicyclic) bond motifs is 3. The molecule has 0 amide bonds. The van der Waals surface area contributed by atoms with Gasteiger partial charge >= 0.3 is 0 Å². The molecule has 0 saturated heterocycles. The number of hydrogen-bond donors (Lipinski definition) is 2. The van der Waals surface area contributed by atoms with Crippen LogP contribution in [-0.2, 0) is 0 Å². The van der Waals surface area contributed by atoms with Gasteiger partial charge in [0.1, 0.15) is 5.75 Å². The number of hydrogen-bond acceptors (Lipinski definition) is 3. The second-order valence-electron chi connectivity index (χ2n) is 6.60. The van der Waals surface area contributed by atoms with Crippen molar-refractivity contribution in [2.45, 2.75) is 13.0 Å². The van der Waals surface area contributed by atoms with Crippen molar-refractivity contribution in [3.8, 4) is 16.9 Å². The highest BCUT2D eigenvalue weighted by Crippen LogP contribution is 2.42. The first kappa shape index (κ1) is 20.2. The van der Waals surface area contributed by atoms with Crippen molar-refractivity contribution in [3.63, 3.8) is 0 Å². The zero-order valence-electron chi connectivity index (χ0n) is 15.5. The third-order valence-corrected chi connectivity index (χ3v) is 5.17. The average molecular weight is 415 g/mol. The summed E-state index contributed by atoms with van der Waals surface area (Å²) in [6, 6.07) is 17.3. The normalized spacial score (nSPS) is 12.0. The van der Waals surface area contributed by atoms with E-state index in [1.54, 1.807) is 13.2 Å². The summed E-state index contributed by atoms with van der Waals surface area (Å²) in [6.07, 6.45) is 0. The predicted molar refractivity (Wildman–Crippen MR) is 119 cm³/mol. The third kappa shape index (κ3) is 3.24. The number of nitrogens with one attached hydrogen (secondary N) is 1. The molecule has 3 aromatic carbocycles. The number of aromatic amines is 1. The van der Waals surface area contributed by atoms with E-state index in [0.717, 1.165) is 27.5 Å². The molecule has 1 heterocycles. The molecular formula is C22H20Cl2N2O2. The van der Waals surface area contributed by atoms with Crippen LogP contribution in [-0.4, -0.2) is 12.1 Å². The number of ether oxygens (including phenoxy) is 1. The van der Waals surface area contributed by atoms with Crippen LogP contribution in [0.4, 0.5) is 0 Å². The smallest absolute Gasteiger partial charge is 0.256 e. The zero-order valence-corrected chi connectivity index (χ0v) is 17.0. The lowest BCUT2D eigenvalue weighted by atomic mass is 9.94. The van der Waals surface area contributed by atoms with E-state index in [1.807, 2.05) is 55.5 Å². The van der Waals surface area contributed by atoms with Crippen LogP contribution in [0.3, 0.4) is 0 Å². The third-order valence-electron chi connectivity index (χ3n) is 4.87. The molecule has 0 fully saturated rings. The van der Waals surface area contributed by atoms with Gasteiger partial charge in [-0.2, -0.15) is 0 Å². The minimum absolute atomic E-state index is 0. The summed E-state index contributed by atoms with van der Waals surface area (Å²) in [5.74, 6) is 0.651. The zero-order chi connectivity index (χ0) is 19.1. The van der Waals surface area contributed by atoms with E-state index >= 15 is 0 Å². The SMILES string of the molecule is COc1cc(Cl)c2[nH]c(=O)c3ccccc3c2c1-c1ccc([C@@H](C)N)cc1.Cl. The van der Waals surface area contributed by atoms with E-state index < -0.39 is 0 Å². The summed E-state index contributed by atoms with van der Waals surface area (Å²) >= 11 is 6.47. The van der Waals surface area contributed by atoms with E-state index in [9.17, 15) is 4.79 Å². The highest BCUT2D eigenvalue weighted by molar-refractivity contribution is 6.37. The van der Waals surface area contributed by atoms with Crippen molar-refractivity contribution in [1.82, 2.24) is 4.98 Å². The van der Waals surface area contributed by atoms with Crippen LogP contribution in [0.15, 0.2) is 59.4 Å². The van der Waals surface area contributed by atoms with Gasteiger partial charge in [-0.05, 0) is 29.5 Å². The minimum atomic E-state index is -0.163. The Balaban J connectivity index is 0.00000225. The number of aromatic nitrogens is 1. The van der Waals surface area contributed by atoms with Crippen molar-refractivity contribution in [1.29, 1.82) is 0 Å². The van der Waals surface area contributed by atoms with Gasteiger partial charge in [0, 0.05) is 28.4 Å². The Morgan fingerprint density at radius 2 is 1.71 bits per heavy atom. The molecule has 3 N–H and O–H groups in total. The van der Waals surface area contributed by atoms with Crippen LogP contribution in [0.2, 0.25) is 5.02 Å². The van der Waals surface area contributed by atoms with Gasteiger partial charge in [-0.25, -0.2) is 0 Å². The van der Waals surface area contributed by atoms with E-state index in [2.05, 4.69) is 4.98 Å². The fourth-order valence-corrected chi connectivity index (χ4v) is 3.74. The second-order valence-corrected chi connectivity index (χ2v) is 7.00. The molecule has 0 saturated carbocycles. The number of pyridine rings is 1. The minimum Gasteiger partial charge on any atom is -0.496 e. The average Bonchev–Trinajstić information content (AvgIpc) is 2.68. The fraction of sp³-hybridized carbons (Fsp3) is 0.136. The Hall–Kier alpha value is -2.53. The summed E-state index contributed by atoms with van der Waals surface area (Å²) in [5, 5.41) is 2.76. The maximum absolute atomic E-state index is 12.5. The Morgan fingerprint density at radius 3 is 2.32 bits per heavy atom. The molecule has 144 valence electrons. The molecule has 28 heavy (non-hydrogen) atoms. The topological polar surface area (TPSA) is 68.1 Å². The molecule has 0 aliphatic heterocycles. The van der Waals surface area contributed by atoms with E-state index in [4.69, 9.17) is 22.1 Å². The number of benzene rings is 3. The molecule has 0 bridgehead atoms. The van der Waals surface area contributed by atoms with E-state index in [0.29, 0.717) is 21.7 Å². The van der Waals surface area contributed by atoms with Gasteiger partial charge in [0.05, 0.1) is 17.6 Å². The number of halogens is 2. The molecular weight excluding hydrogens is 395 g/mol. The van der Waals surface area contributed by atoms with Gasteiger partial charge in [0.25, 0.3) is 5.56 Å². The lowest BCUT2D eigenvalue weighted by Gasteiger charge is -2.16. The molecule has 0 radical (unpaired) electrons. The summed E-state index contributed by atoms with van der Waals surface area (Å²) in [4.78, 5) is 15.4. The van der Waals surface area contributed by atoms with Crippen molar-refractivity contribution in [2.75, 3.05) is 7.11 Å². The van der Waals surface area contributed by atoms with Gasteiger partial charge in [0.2, 0.25) is 0 Å². The molecule has 4 rings (SSSR count). The quantitative estimate of drug-likeness (QED) is 0.437. The molecule has 0 aliphatic carbocycles. The Kier molecular flexibility index (Phi) is 5.66. The van der Waals surface area contributed by atoms with Gasteiger partial charge in [-0.3, -0.25) is 4.79 Å². The Bertz CT molecular complexity index is 1220. The Labute approximate surface area is 173 Å². The number of H-pyrrole nitrogens is 1. The number of nitrogens with two attached hydrogens (primary N) is 1. The van der Waals surface area contributed by atoms with Gasteiger partial charge < -0.3 is 15.5 Å². The van der Waals surface area contributed by atoms with E-state index in [-0.39, 0.29) is 24.0 Å². The summed E-state index contributed by atoms with van der Waals surface area (Å²) < 4.78 is 5.64. The highest BCUT2D eigenvalue weighted by atomic mass is 35.5. The van der Waals surface area contributed by atoms with Crippen LogP contribution in [0.5, 0.6) is 5.75 Å². The molecule has 6 heteroatoms. The van der Waals surface area contributed by atoms with Crippen molar-refractivity contribution in [3.05, 3.63) is 75.5 Å². The molecule has 1 aromatic heterocycles. The van der Waals surface area contributed by atoms with Crippen LogP contribution < -0.4 is 16.0 Å². The highest BCUT2D eigenvalue weighted by Gasteiger charge is 2.18. The maximum atomic E-state index is 12.5. The molecule has 0 aliphatic rings. The van der Waals surface area contributed by atoms with Gasteiger partial charge in [0.15, 0.2) is 0 Å². The van der Waals surface area contributed by atoms with Crippen LogP contribution >= 0.6 is 24.0 Å². The Morgan fingerprint density at radius 1 is 1.07 bits per heavy atom. The van der Waals surface area contributed by atoms with Crippen molar-refractivity contribution >= 4 is 45.7 Å². The number of rotatable bonds is 3. The monoisotopic (exact) mass is 414 g/mol. The lowest BCUT2D eigenvalue weighted by Crippen LogP contribution is -2.07. The lowest BCUT2D eigenvalue weighted by molar-refractivity contribution is 0.417. The molecule has 4 nitrogen and oxygen atoms in total. The first-order valence-corrected chi connectivity index (χ1v) is 9.06. The second kappa shape index (κ2) is 7.84. The summed E-state index contributed by atoms with van der Waals surface area (Å²) in [6.45, 7) is 1.95. The van der Waals surface area contributed by atoms with Gasteiger partial charge in [-0.15, -0.1) is 12.4 Å². The van der Waals surface area contributed by atoms with Crippen LogP contribution in [0.1, 0.15) is 18.5 Å². The predicted octanol–water partition coefficient (Wildman–Crippen LogP) is 5.45. The summed E-state index contributed by atoms with van der Waals surface area (Å²) in [5.41, 5.74) is 9.33. The van der Waals surface area contributed by atoms with Crippen molar-refractivity contribution < 1.29 is 4.74 Å². The summed E-state index contributed by atoms with van der Waals surface area (Å²) in [7, 11) is 1.62. The molecule has 1 atom stereocenters. The van der Waals surface area contributed by atoms with Crippen molar-refractivity contribution in [2.24, 2.45) is 5.73 Å². The van der Waals surface area contributed by atoms with Gasteiger partial charge in [-0.1, -0.05) is 54.1 Å². The standard InChI is InChI=1S/C22H19ClN2O2.ClH/c1-12(24)13-7-9-14(10-8-13)19-18(27-2)11-17(23)21-20(19)15-5-3-4-6-16(15)22(26)25-21;/h3-12H,24H2,1-2H3,(H,25,26);1H/t12-;/m1./s1. The maximum Gasteiger partial charge on any atom is 0.256 e. The largest absolute Gasteiger partial charge is 0.496 e.